The number of esters is 1. The molecule has 0 aromatic heterocycles. The SMILES string of the molecule is C[C@@H]1CCCN(c2ccc(C(=O)O[C@H](C(=O)N(C)C)c3ccccc3)cc2[N+](=O)[O-])C1. The van der Waals surface area contributed by atoms with Gasteiger partial charge in [0.15, 0.2) is 0 Å². The molecule has 1 saturated heterocycles. The van der Waals surface area contributed by atoms with E-state index in [9.17, 15) is 19.7 Å². The lowest BCUT2D eigenvalue weighted by Gasteiger charge is -2.32. The van der Waals surface area contributed by atoms with Crippen molar-refractivity contribution in [1.29, 1.82) is 0 Å². The van der Waals surface area contributed by atoms with Crippen LogP contribution in [0, 0.1) is 16.0 Å². The average Bonchev–Trinajstić information content (AvgIpc) is 2.76. The van der Waals surface area contributed by atoms with Gasteiger partial charge in [-0.1, -0.05) is 37.3 Å². The highest BCUT2D eigenvalue weighted by Crippen LogP contribution is 2.33. The van der Waals surface area contributed by atoms with Crippen molar-refractivity contribution in [3.63, 3.8) is 0 Å². The first-order chi connectivity index (χ1) is 14.8. The van der Waals surface area contributed by atoms with Crippen LogP contribution >= 0.6 is 0 Å². The van der Waals surface area contributed by atoms with Gasteiger partial charge < -0.3 is 14.5 Å². The van der Waals surface area contributed by atoms with E-state index in [2.05, 4.69) is 6.92 Å². The summed E-state index contributed by atoms with van der Waals surface area (Å²) >= 11 is 0. The summed E-state index contributed by atoms with van der Waals surface area (Å²) in [6, 6.07) is 13.0. The minimum absolute atomic E-state index is 0.0352. The second-order valence-electron chi connectivity index (χ2n) is 8.08. The van der Waals surface area contributed by atoms with Gasteiger partial charge in [-0.2, -0.15) is 0 Å². The van der Waals surface area contributed by atoms with E-state index in [0.29, 0.717) is 17.2 Å². The number of nitro benzene ring substituents is 1. The number of amides is 1. The molecule has 0 radical (unpaired) electrons. The maximum Gasteiger partial charge on any atom is 0.339 e. The molecule has 0 spiro atoms. The topological polar surface area (TPSA) is 93.0 Å². The third-order valence-electron chi connectivity index (χ3n) is 5.40. The molecule has 31 heavy (non-hydrogen) atoms. The van der Waals surface area contributed by atoms with Crippen molar-refractivity contribution in [3.05, 3.63) is 69.8 Å². The number of rotatable bonds is 6. The van der Waals surface area contributed by atoms with Crippen LogP contribution < -0.4 is 4.90 Å². The minimum atomic E-state index is -1.13. The molecule has 1 fully saturated rings. The Morgan fingerprint density at radius 3 is 2.52 bits per heavy atom. The van der Waals surface area contributed by atoms with Crippen molar-refractivity contribution in [2.75, 3.05) is 32.1 Å². The fourth-order valence-electron chi connectivity index (χ4n) is 3.77. The predicted molar refractivity (Wildman–Crippen MR) is 117 cm³/mol. The summed E-state index contributed by atoms with van der Waals surface area (Å²) in [5.74, 6) is -0.736. The molecule has 164 valence electrons. The number of hydrogen-bond acceptors (Lipinski definition) is 6. The molecule has 0 unspecified atom stereocenters. The van der Waals surface area contributed by atoms with Crippen LogP contribution in [-0.2, 0) is 9.53 Å². The molecule has 3 rings (SSSR count). The first kappa shape index (κ1) is 22.3. The van der Waals surface area contributed by atoms with Gasteiger partial charge in [0.25, 0.3) is 11.6 Å². The molecule has 1 aliphatic rings. The Balaban J connectivity index is 1.88. The quantitative estimate of drug-likeness (QED) is 0.397. The molecule has 2 atom stereocenters. The van der Waals surface area contributed by atoms with Crippen molar-refractivity contribution in [2.24, 2.45) is 5.92 Å². The molecule has 2 aromatic carbocycles. The molecule has 2 aromatic rings. The second kappa shape index (κ2) is 9.59. The fraction of sp³-hybridized carbons (Fsp3) is 0.391. The van der Waals surface area contributed by atoms with E-state index in [1.54, 1.807) is 50.5 Å². The zero-order valence-corrected chi connectivity index (χ0v) is 18.0. The van der Waals surface area contributed by atoms with Gasteiger partial charge in [0.05, 0.1) is 10.5 Å². The van der Waals surface area contributed by atoms with Gasteiger partial charge in [-0.15, -0.1) is 0 Å². The van der Waals surface area contributed by atoms with Crippen LogP contribution in [0.15, 0.2) is 48.5 Å². The number of ether oxygens (including phenoxy) is 1. The van der Waals surface area contributed by atoms with Crippen LogP contribution in [0.5, 0.6) is 0 Å². The summed E-state index contributed by atoms with van der Waals surface area (Å²) in [5.41, 5.74) is 0.923. The normalized spacial score (nSPS) is 17.0. The third kappa shape index (κ3) is 5.20. The highest BCUT2D eigenvalue weighted by molar-refractivity contribution is 5.94. The summed E-state index contributed by atoms with van der Waals surface area (Å²) in [5, 5.41) is 11.7. The van der Waals surface area contributed by atoms with E-state index in [0.717, 1.165) is 25.9 Å². The Bertz CT molecular complexity index is 961. The molecule has 0 aliphatic carbocycles. The molecule has 0 bridgehead atoms. The van der Waals surface area contributed by atoms with Crippen LogP contribution in [0.3, 0.4) is 0 Å². The molecule has 8 nitrogen and oxygen atoms in total. The van der Waals surface area contributed by atoms with E-state index in [-0.39, 0.29) is 11.3 Å². The number of nitro groups is 1. The van der Waals surface area contributed by atoms with Crippen molar-refractivity contribution >= 4 is 23.3 Å². The van der Waals surface area contributed by atoms with Gasteiger partial charge in [-0.3, -0.25) is 14.9 Å². The molecular weight excluding hydrogens is 398 g/mol. The lowest BCUT2D eigenvalue weighted by Crippen LogP contribution is -2.34. The number of benzene rings is 2. The Labute approximate surface area is 181 Å². The lowest BCUT2D eigenvalue weighted by molar-refractivity contribution is -0.384. The number of likely N-dealkylation sites (N-methyl/N-ethyl adjacent to an activating group) is 1. The third-order valence-corrected chi connectivity index (χ3v) is 5.40. The summed E-state index contributed by atoms with van der Waals surface area (Å²) in [6.45, 7) is 3.59. The van der Waals surface area contributed by atoms with Crippen molar-refractivity contribution in [3.8, 4) is 0 Å². The number of carbonyl (C=O) groups is 2. The average molecular weight is 425 g/mol. The molecule has 8 heteroatoms. The summed E-state index contributed by atoms with van der Waals surface area (Å²) in [4.78, 5) is 40.0. The fourth-order valence-corrected chi connectivity index (χ4v) is 3.77. The van der Waals surface area contributed by atoms with Crippen LogP contribution in [0.2, 0.25) is 0 Å². The first-order valence-corrected chi connectivity index (χ1v) is 10.3. The Hall–Kier alpha value is -3.42. The van der Waals surface area contributed by atoms with Crippen LogP contribution in [0.25, 0.3) is 0 Å². The number of carbonyl (C=O) groups excluding carboxylic acids is 2. The van der Waals surface area contributed by atoms with Crippen molar-refractivity contribution in [2.45, 2.75) is 25.9 Å². The standard InChI is InChI=1S/C23H27N3O5/c1-16-8-7-13-25(15-16)19-12-11-18(14-20(19)26(29)30)23(28)31-21(22(27)24(2)3)17-9-5-4-6-10-17/h4-6,9-12,14,16,21H,7-8,13,15H2,1-3H3/t16-,21+/m1/s1. The van der Waals surface area contributed by atoms with Crippen LogP contribution in [-0.4, -0.2) is 48.9 Å². The second-order valence-corrected chi connectivity index (χ2v) is 8.08. The smallest absolute Gasteiger partial charge is 0.339 e. The highest BCUT2D eigenvalue weighted by Gasteiger charge is 2.29. The molecular formula is C23H27N3O5. The number of hydrogen-bond donors (Lipinski definition) is 0. The summed E-state index contributed by atoms with van der Waals surface area (Å²) in [7, 11) is 3.15. The van der Waals surface area contributed by atoms with E-state index in [1.165, 1.54) is 17.0 Å². The Morgan fingerprint density at radius 1 is 1.19 bits per heavy atom. The zero-order valence-electron chi connectivity index (χ0n) is 18.0. The van der Waals surface area contributed by atoms with Gasteiger partial charge in [0, 0.05) is 38.8 Å². The molecule has 0 saturated carbocycles. The number of piperidine rings is 1. The molecule has 1 aliphatic heterocycles. The molecule has 1 amide bonds. The largest absolute Gasteiger partial charge is 0.444 e. The van der Waals surface area contributed by atoms with Gasteiger partial charge in [0.1, 0.15) is 5.69 Å². The predicted octanol–water partition coefficient (Wildman–Crippen LogP) is 3.82. The Morgan fingerprint density at radius 2 is 1.90 bits per heavy atom. The van der Waals surface area contributed by atoms with Gasteiger partial charge in [-0.25, -0.2) is 4.79 Å². The lowest BCUT2D eigenvalue weighted by atomic mass is 9.99. The summed E-state index contributed by atoms with van der Waals surface area (Å²) in [6.07, 6.45) is 0.925. The zero-order chi connectivity index (χ0) is 22.5. The van der Waals surface area contributed by atoms with E-state index in [4.69, 9.17) is 4.74 Å². The summed E-state index contributed by atoms with van der Waals surface area (Å²) < 4.78 is 5.52. The van der Waals surface area contributed by atoms with Crippen LogP contribution in [0.4, 0.5) is 11.4 Å². The van der Waals surface area contributed by atoms with E-state index in [1.807, 2.05) is 4.90 Å². The van der Waals surface area contributed by atoms with Gasteiger partial charge >= 0.3 is 5.97 Å². The Kier molecular flexibility index (Phi) is 6.89. The monoisotopic (exact) mass is 425 g/mol. The number of nitrogens with zero attached hydrogens (tertiary/aromatic N) is 3. The van der Waals surface area contributed by atoms with Crippen molar-refractivity contribution in [1.82, 2.24) is 4.90 Å². The minimum Gasteiger partial charge on any atom is -0.444 e. The maximum absolute atomic E-state index is 12.8. The van der Waals surface area contributed by atoms with Crippen molar-refractivity contribution < 1.29 is 19.2 Å². The van der Waals surface area contributed by atoms with Crippen LogP contribution in [0.1, 0.15) is 41.8 Å². The first-order valence-electron chi connectivity index (χ1n) is 10.3. The van der Waals surface area contributed by atoms with E-state index < -0.39 is 22.9 Å². The highest BCUT2D eigenvalue weighted by atomic mass is 16.6. The number of anilines is 1. The maximum atomic E-state index is 12.8. The van der Waals surface area contributed by atoms with Gasteiger partial charge in [-0.05, 0) is 30.9 Å². The molecule has 0 N–H and O–H groups in total. The van der Waals surface area contributed by atoms with E-state index >= 15 is 0 Å². The molecule has 1 heterocycles. The van der Waals surface area contributed by atoms with Gasteiger partial charge in [0.2, 0.25) is 6.10 Å².